The number of aliphatic imine (C=N–C) groups is 1. The fraction of sp³-hybridized carbons (Fsp3) is 0.611. The molecule has 21 heavy (non-hydrogen) atoms. The van der Waals surface area contributed by atoms with Crippen molar-refractivity contribution >= 4 is 5.96 Å². The van der Waals surface area contributed by atoms with Gasteiger partial charge in [-0.05, 0) is 42.2 Å². The summed E-state index contributed by atoms with van der Waals surface area (Å²) in [7, 11) is 0. The summed E-state index contributed by atoms with van der Waals surface area (Å²) in [6.45, 7) is 5.33. The number of hydrogen-bond acceptors (Lipinski definition) is 1. The van der Waals surface area contributed by atoms with E-state index in [9.17, 15) is 0 Å². The lowest BCUT2D eigenvalue weighted by Crippen LogP contribution is -2.39. The van der Waals surface area contributed by atoms with Gasteiger partial charge in [0.15, 0.2) is 5.96 Å². The third-order valence-corrected chi connectivity index (χ3v) is 4.91. The summed E-state index contributed by atoms with van der Waals surface area (Å²) in [5, 5.41) is 0. The zero-order valence-corrected chi connectivity index (χ0v) is 13.1. The number of guanidine groups is 1. The predicted octanol–water partition coefficient (Wildman–Crippen LogP) is 2.98. The molecule has 0 bridgehead atoms. The first-order valence-corrected chi connectivity index (χ1v) is 8.28. The van der Waals surface area contributed by atoms with Crippen LogP contribution in [0.4, 0.5) is 0 Å². The highest BCUT2D eigenvalue weighted by Gasteiger charge is 2.32. The standard InChI is InChI=1S/C18H27N3/c1-18(12-15-8-4-5-9-16(15)13-18)14-20-17(19)21-10-6-2-3-7-11-21/h4-5,8-9H,2-3,6-7,10-14H2,1H3,(H2,19,20). The number of benzene rings is 1. The molecule has 0 spiro atoms. The van der Waals surface area contributed by atoms with Gasteiger partial charge >= 0.3 is 0 Å². The number of rotatable bonds is 2. The van der Waals surface area contributed by atoms with Crippen molar-refractivity contribution in [1.82, 2.24) is 4.90 Å². The minimum absolute atomic E-state index is 0.236. The average Bonchev–Trinajstić information content (AvgIpc) is 2.66. The Balaban J connectivity index is 1.63. The Bertz CT molecular complexity index is 488. The summed E-state index contributed by atoms with van der Waals surface area (Å²) in [5.74, 6) is 0.758. The SMILES string of the molecule is CC1(CN=C(N)N2CCCCCC2)Cc2ccccc2C1. The number of nitrogens with two attached hydrogens (primary N) is 1. The fourth-order valence-electron chi connectivity index (χ4n) is 3.67. The van der Waals surface area contributed by atoms with Gasteiger partial charge in [0.25, 0.3) is 0 Å². The molecule has 1 heterocycles. The molecule has 1 aliphatic carbocycles. The third kappa shape index (κ3) is 3.39. The van der Waals surface area contributed by atoms with Crippen molar-refractivity contribution in [1.29, 1.82) is 0 Å². The van der Waals surface area contributed by atoms with Crippen molar-refractivity contribution in [2.45, 2.75) is 45.4 Å². The van der Waals surface area contributed by atoms with E-state index in [0.29, 0.717) is 0 Å². The lowest BCUT2D eigenvalue weighted by Gasteiger charge is -2.25. The molecule has 2 N–H and O–H groups in total. The number of hydrogen-bond donors (Lipinski definition) is 1. The van der Waals surface area contributed by atoms with Crippen LogP contribution in [0.3, 0.4) is 0 Å². The summed E-state index contributed by atoms with van der Waals surface area (Å²) in [4.78, 5) is 7.02. The fourth-order valence-corrected chi connectivity index (χ4v) is 3.67. The summed E-state index contributed by atoms with van der Waals surface area (Å²) < 4.78 is 0. The van der Waals surface area contributed by atoms with E-state index in [2.05, 4.69) is 36.1 Å². The molecule has 3 nitrogen and oxygen atoms in total. The van der Waals surface area contributed by atoms with E-state index >= 15 is 0 Å². The maximum atomic E-state index is 6.24. The number of nitrogens with zero attached hydrogens (tertiary/aromatic N) is 2. The second-order valence-corrected chi connectivity index (χ2v) is 7.01. The van der Waals surface area contributed by atoms with E-state index in [1.807, 2.05) is 0 Å². The molecule has 1 saturated heterocycles. The maximum Gasteiger partial charge on any atom is 0.191 e. The molecule has 0 unspecified atom stereocenters. The Morgan fingerprint density at radius 2 is 1.67 bits per heavy atom. The monoisotopic (exact) mass is 285 g/mol. The van der Waals surface area contributed by atoms with Gasteiger partial charge in [0.2, 0.25) is 0 Å². The first kappa shape index (κ1) is 14.4. The van der Waals surface area contributed by atoms with Crippen LogP contribution in [-0.2, 0) is 12.8 Å². The Kier molecular flexibility index (Phi) is 4.18. The molecule has 1 aromatic carbocycles. The van der Waals surface area contributed by atoms with Gasteiger partial charge < -0.3 is 10.6 Å². The van der Waals surface area contributed by atoms with Crippen LogP contribution in [-0.4, -0.2) is 30.5 Å². The van der Waals surface area contributed by atoms with E-state index in [4.69, 9.17) is 10.7 Å². The zero-order chi connectivity index (χ0) is 14.7. The van der Waals surface area contributed by atoms with Crippen LogP contribution < -0.4 is 5.73 Å². The van der Waals surface area contributed by atoms with Crippen molar-refractivity contribution < 1.29 is 0 Å². The van der Waals surface area contributed by atoms with Crippen LogP contribution >= 0.6 is 0 Å². The van der Waals surface area contributed by atoms with Crippen molar-refractivity contribution in [3.05, 3.63) is 35.4 Å². The van der Waals surface area contributed by atoms with Gasteiger partial charge in [0.1, 0.15) is 0 Å². The molecule has 3 rings (SSSR count). The largest absolute Gasteiger partial charge is 0.370 e. The molecule has 114 valence electrons. The maximum absolute atomic E-state index is 6.24. The van der Waals surface area contributed by atoms with Gasteiger partial charge in [-0.1, -0.05) is 44.0 Å². The first-order valence-electron chi connectivity index (χ1n) is 8.28. The van der Waals surface area contributed by atoms with Gasteiger partial charge in [0.05, 0.1) is 0 Å². The molecule has 1 aliphatic heterocycles. The third-order valence-electron chi connectivity index (χ3n) is 4.91. The molecular formula is C18H27N3. The molecular weight excluding hydrogens is 258 g/mol. The van der Waals surface area contributed by atoms with Crippen LogP contribution in [0.5, 0.6) is 0 Å². The first-order chi connectivity index (χ1) is 10.2. The van der Waals surface area contributed by atoms with Crippen LogP contribution in [0, 0.1) is 5.41 Å². The van der Waals surface area contributed by atoms with E-state index in [1.165, 1.54) is 36.8 Å². The lowest BCUT2D eigenvalue weighted by molar-refractivity contribution is 0.354. The number of fused-ring (bicyclic) bond motifs is 1. The Morgan fingerprint density at radius 1 is 1.10 bits per heavy atom. The minimum atomic E-state index is 0.236. The smallest absolute Gasteiger partial charge is 0.191 e. The quantitative estimate of drug-likeness (QED) is 0.670. The molecule has 0 radical (unpaired) electrons. The highest BCUT2D eigenvalue weighted by Crippen LogP contribution is 2.36. The van der Waals surface area contributed by atoms with Crippen LogP contribution in [0.2, 0.25) is 0 Å². The molecule has 0 amide bonds. The summed E-state index contributed by atoms with van der Waals surface area (Å²) in [6.07, 6.45) is 7.41. The Labute approximate surface area is 128 Å². The molecule has 1 aromatic rings. The molecule has 3 heteroatoms. The normalized spacial score (nSPS) is 22.0. The Morgan fingerprint density at radius 3 is 2.24 bits per heavy atom. The highest BCUT2D eigenvalue weighted by molar-refractivity contribution is 5.78. The summed E-state index contributed by atoms with van der Waals surface area (Å²) in [5.41, 5.74) is 9.45. The van der Waals surface area contributed by atoms with Crippen LogP contribution in [0.15, 0.2) is 29.3 Å². The highest BCUT2D eigenvalue weighted by atomic mass is 15.2. The van der Waals surface area contributed by atoms with E-state index in [-0.39, 0.29) is 5.41 Å². The second-order valence-electron chi connectivity index (χ2n) is 7.01. The van der Waals surface area contributed by atoms with Gasteiger partial charge in [-0.15, -0.1) is 0 Å². The van der Waals surface area contributed by atoms with Crippen LogP contribution in [0.25, 0.3) is 0 Å². The van der Waals surface area contributed by atoms with Crippen molar-refractivity contribution in [2.24, 2.45) is 16.1 Å². The average molecular weight is 285 g/mol. The zero-order valence-electron chi connectivity index (χ0n) is 13.1. The second kappa shape index (κ2) is 6.08. The minimum Gasteiger partial charge on any atom is -0.370 e. The summed E-state index contributed by atoms with van der Waals surface area (Å²) >= 11 is 0. The predicted molar refractivity (Wildman–Crippen MR) is 88.5 cm³/mol. The van der Waals surface area contributed by atoms with Gasteiger partial charge in [0, 0.05) is 19.6 Å². The van der Waals surface area contributed by atoms with Gasteiger partial charge in [-0.25, -0.2) is 0 Å². The molecule has 2 aliphatic rings. The molecule has 0 atom stereocenters. The van der Waals surface area contributed by atoms with Gasteiger partial charge in [-0.3, -0.25) is 4.99 Å². The lowest BCUT2D eigenvalue weighted by atomic mass is 9.87. The summed E-state index contributed by atoms with van der Waals surface area (Å²) in [6, 6.07) is 8.78. The van der Waals surface area contributed by atoms with E-state index < -0.39 is 0 Å². The van der Waals surface area contributed by atoms with Crippen LogP contribution in [0.1, 0.15) is 43.7 Å². The van der Waals surface area contributed by atoms with Crippen molar-refractivity contribution in [3.8, 4) is 0 Å². The van der Waals surface area contributed by atoms with Crippen molar-refractivity contribution in [3.63, 3.8) is 0 Å². The van der Waals surface area contributed by atoms with E-state index in [1.54, 1.807) is 0 Å². The topological polar surface area (TPSA) is 41.6 Å². The molecule has 1 fully saturated rings. The van der Waals surface area contributed by atoms with Gasteiger partial charge in [-0.2, -0.15) is 0 Å². The van der Waals surface area contributed by atoms with Crippen molar-refractivity contribution in [2.75, 3.05) is 19.6 Å². The molecule has 0 saturated carbocycles. The number of likely N-dealkylation sites (tertiary alicyclic amines) is 1. The molecule has 0 aromatic heterocycles. The van der Waals surface area contributed by atoms with E-state index in [0.717, 1.165) is 38.4 Å². The Hall–Kier alpha value is -1.51.